The SMILES string of the molecule is CC(CC#N)N(C)C(=O)CCNC1CC1. The van der Waals surface area contributed by atoms with Crippen molar-refractivity contribution in [2.45, 2.75) is 44.7 Å². The van der Waals surface area contributed by atoms with Gasteiger partial charge in [0.15, 0.2) is 0 Å². The summed E-state index contributed by atoms with van der Waals surface area (Å²) >= 11 is 0. The van der Waals surface area contributed by atoms with Gasteiger partial charge in [0.25, 0.3) is 0 Å². The standard InChI is InChI=1S/C11H19N3O/c1-9(5-7-12)14(2)11(15)6-8-13-10-3-4-10/h9-10,13H,3-6,8H2,1-2H3. The predicted octanol–water partition coefficient (Wildman–Crippen LogP) is 0.889. The fraction of sp³-hybridized carbons (Fsp3) is 0.818. The van der Waals surface area contributed by atoms with E-state index in [4.69, 9.17) is 5.26 Å². The summed E-state index contributed by atoms with van der Waals surface area (Å²) in [7, 11) is 1.77. The molecule has 84 valence electrons. The van der Waals surface area contributed by atoms with Crippen molar-refractivity contribution in [2.75, 3.05) is 13.6 Å². The molecule has 0 aromatic carbocycles. The van der Waals surface area contributed by atoms with E-state index in [0.29, 0.717) is 18.9 Å². The van der Waals surface area contributed by atoms with Crippen LogP contribution in [0.5, 0.6) is 0 Å². The molecule has 0 heterocycles. The zero-order valence-electron chi connectivity index (χ0n) is 9.49. The van der Waals surface area contributed by atoms with Crippen LogP contribution >= 0.6 is 0 Å². The topological polar surface area (TPSA) is 56.1 Å². The van der Waals surface area contributed by atoms with E-state index in [-0.39, 0.29) is 11.9 Å². The molecule has 0 aromatic rings. The number of carbonyl (C=O) groups excluding carboxylic acids is 1. The number of nitriles is 1. The van der Waals surface area contributed by atoms with Crippen molar-refractivity contribution in [1.29, 1.82) is 5.26 Å². The van der Waals surface area contributed by atoms with Crippen LogP contribution in [0.4, 0.5) is 0 Å². The zero-order valence-corrected chi connectivity index (χ0v) is 9.49. The third-order valence-electron chi connectivity index (χ3n) is 2.79. The lowest BCUT2D eigenvalue weighted by molar-refractivity contribution is -0.131. The quantitative estimate of drug-likeness (QED) is 0.706. The molecule has 1 saturated carbocycles. The summed E-state index contributed by atoms with van der Waals surface area (Å²) in [6, 6.07) is 2.75. The number of rotatable bonds is 6. The Morgan fingerprint density at radius 1 is 1.67 bits per heavy atom. The van der Waals surface area contributed by atoms with Crippen LogP contribution in [0.2, 0.25) is 0 Å². The Bertz CT molecular complexity index is 255. The maximum Gasteiger partial charge on any atom is 0.223 e. The van der Waals surface area contributed by atoms with Crippen LogP contribution in [-0.4, -0.2) is 36.5 Å². The summed E-state index contributed by atoms with van der Waals surface area (Å²) in [5.74, 6) is 0.117. The number of hydrogen-bond donors (Lipinski definition) is 1. The van der Waals surface area contributed by atoms with Crippen molar-refractivity contribution in [3.8, 4) is 6.07 Å². The van der Waals surface area contributed by atoms with E-state index in [1.165, 1.54) is 12.8 Å². The van der Waals surface area contributed by atoms with Gasteiger partial charge in [-0.15, -0.1) is 0 Å². The molecule has 1 amide bonds. The Morgan fingerprint density at radius 3 is 2.87 bits per heavy atom. The lowest BCUT2D eigenvalue weighted by atomic mass is 10.2. The van der Waals surface area contributed by atoms with Gasteiger partial charge < -0.3 is 10.2 Å². The van der Waals surface area contributed by atoms with Gasteiger partial charge in [0, 0.05) is 32.1 Å². The molecule has 0 aliphatic heterocycles. The third kappa shape index (κ3) is 4.30. The van der Waals surface area contributed by atoms with Gasteiger partial charge in [-0.1, -0.05) is 0 Å². The van der Waals surface area contributed by atoms with Gasteiger partial charge in [-0.05, 0) is 19.8 Å². The van der Waals surface area contributed by atoms with Crippen LogP contribution in [-0.2, 0) is 4.79 Å². The van der Waals surface area contributed by atoms with Gasteiger partial charge >= 0.3 is 0 Å². The Labute approximate surface area is 91.2 Å². The van der Waals surface area contributed by atoms with Crippen molar-refractivity contribution in [3.63, 3.8) is 0 Å². The highest BCUT2D eigenvalue weighted by molar-refractivity contribution is 5.76. The molecule has 0 saturated heterocycles. The summed E-state index contributed by atoms with van der Waals surface area (Å²) in [5, 5.41) is 11.8. The lowest BCUT2D eigenvalue weighted by Gasteiger charge is -2.22. The first kappa shape index (κ1) is 12.0. The average molecular weight is 209 g/mol. The summed E-state index contributed by atoms with van der Waals surface area (Å²) in [6.45, 7) is 2.66. The number of nitrogens with zero attached hydrogens (tertiary/aromatic N) is 2. The second-order valence-electron chi connectivity index (χ2n) is 4.19. The molecule has 1 rings (SSSR count). The zero-order chi connectivity index (χ0) is 11.3. The highest BCUT2D eigenvalue weighted by Crippen LogP contribution is 2.18. The maximum absolute atomic E-state index is 11.6. The van der Waals surface area contributed by atoms with E-state index in [9.17, 15) is 4.79 Å². The molecule has 1 fully saturated rings. The molecule has 1 N–H and O–H groups in total. The van der Waals surface area contributed by atoms with Crippen molar-refractivity contribution in [2.24, 2.45) is 0 Å². The van der Waals surface area contributed by atoms with Crippen molar-refractivity contribution in [1.82, 2.24) is 10.2 Å². The van der Waals surface area contributed by atoms with Crippen LogP contribution in [0.15, 0.2) is 0 Å². The van der Waals surface area contributed by atoms with Gasteiger partial charge in [0.2, 0.25) is 5.91 Å². The van der Waals surface area contributed by atoms with Crippen LogP contribution < -0.4 is 5.32 Å². The maximum atomic E-state index is 11.6. The summed E-state index contributed by atoms with van der Waals surface area (Å²) < 4.78 is 0. The Hall–Kier alpha value is -1.08. The van der Waals surface area contributed by atoms with Gasteiger partial charge in [0.05, 0.1) is 12.5 Å². The van der Waals surface area contributed by atoms with E-state index >= 15 is 0 Å². The molecule has 0 spiro atoms. The number of nitrogens with one attached hydrogen (secondary N) is 1. The van der Waals surface area contributed by atoms with Gasteiger partial charge in [0.1, 0.15) is 0 Å². The minimum absolute atomic E-state index is 0.0171. The van der Waals surface area contributed by atoms with E-state index < -0.39 is 0 Å². The van der Waals surface area contributed by atoms with Gasteiger partial charge in [-0.25, -0.2) is 0 Å². The highest BCUT2D eigenvalue weighted by Gasteiger charge is 2.21. The molecule has 1 aliphatic carbocycles. The predicted molar refractivity (Wildman–Crippen MR) is 58.1 cm³/mol. The monoisotopic (exact) mass is 209 g/mol. The average Bonchev–Trinajstić information content (AvgIpc) is 3.00. The van der Waals surface area contributed by atoms with E-state index in [1.807, 2.05) is 6.92 Å². The fourth-order valence-corrected chi connectivity index (χ4v) is 1.36. The first-order valence-electron chi connectivity index (χ1n) is 5.51. The van der Waals surface area contributed by atoms with Gasteiger partial charge in [-0.3, -0.25) is 4.79 Å². The Kier molecular flexibility index (Phi) is 4.57. The highest BCUT2D eigenvalue weighted by atomic mass is 16.2. The van der Waals surface area contributed by atoms with Crippen molar-refractivity contribution in [3.05, 3.63) is 0 Å². The number of amides is 1. The van der Waals surface area contributed by atoms with Crippen molar-refractivity contribution >= 4 is 5.91 Å². The summed E-state index contributed by atoms with van der Waals surface area (Å²) in [6.07, 6.45) is 3.42. The van der Waals surface area contributed by atoms with E-state index in [2.05, 4.69) is 11.4 Å². The molecule has 4 nitrogen and oxygen atoms in total. The molecule has 0 radical (unpaired) electrons. The molecular formula is C11H19N3O. The van der Waals surface area contributed by atoms with Crippen LogP contribution in [0.25, 0.3) is 0 Å². The first-order chi connectivity index (χ1) is 7.15. The van der Waals surface area contributed by atoms with Crippen LogP contribution in [0, 0.1) is 11.3 Å². The molecular weight excluding hydrogens is 190 g/mol. The molecule has 4 heteroatoms. The third-order valence-corrected chi connectivity index (χ3v) is 2.79. The molecule has 1 aliphatic rings. The van der Waals surface area contributed by atoms with E-state index in [1.54, 1.807) is 11.9 Å². The Morgan fingerprint density at radius 2 is 2.33 bits per heavy atom. The molecule has 0 bridgehead atoms. The minimum atomic E-state index is 0.0171. The molecule has 0 aromatic heterocycles. The van der Waals surface area contributed by atoms with Crippen LogP contribution in [0.3, 0.4) is 0 Å². The molecule has 1 unspecified atom stereocenters. The smallest absolute Gasteiger partial charge is 0.223 e. The fourth-order valence-electron chi connectivity index (χ4n) is 1.36. The summed E-state index contributed by atoms with van der Waals surface area (Å²) in [5.41, 5.74) is 0. The molecule has 1 atom stereocenters. The number of hydrogen-bond acceptors (Lipinski definition) is 3. The lowest BCUT2D eigenvalue weighted by Crippen LogP contribution is -2.36. The second kappa shape index (κ2) is 5.72. The molecule has 15 heavy (non-hydrogen) atoms. The second-order valence-corrected chi connectivity index (χ2v) is 4.19. The Balaban J connectivity index is 2.16. The van der Waals surface area contributed by atoms with Crippen LogP contribution in [0.1, 0.15) is 32.6 Å². The van der Waals surface area contributed by atoms with Gasteiger partial charge in [-0.2, -0.15) is 5.26 Å². The largest absolute Gasteiger partial charge is 0.342 e. The van der Waals surface area contributed by atoms with Crippen molar-refractivity contribution < 1.29 is 4.79 Å². The minimum Gasteiger partial charge on any atom is -0.342 e. The van der Waals surface area contributed by atoms with E-state index in [0.717, 1.165) is 6.54 Å². The normalized spacial score (nSPS) is 16.9. The first-order valence-corrected chi connectivity index (χ1v) is 5.51. The summed E-state index contributed by atoms with van der Waals surface area (Å²) in [4.78, 5) is 13.3. The number of carbonyl (C=O) groups is 1.